The van der Waals surface area contributed by atoms with Crippen molar-refractivity contribution < 1.29 is 14.3 Å². The van der Waals surface area contributed by atoms with Gasteiger partial charge in [-0.1, -0.05) is 34.0 Å². The van der Waals surface area contributed by atoms with E-state index in [4.69, 9.17) is 11.6 Å². The molecule has 0 radical (unpaired) electrons. The largest absolute Gasteiger partial charge is 0.385 e. The number of benzene rings is 2. The van der Waals surface area contributed by atoms with Crippen molar-refractivity contribution >= 4 is 55.8 Å². The number of aliphatic hydroxyl groups is 1. The summed E-state index contributed by atoms with van der Waals surface area (Å²) in [4.78, 5) is 19.2. The highest BCUT2D eigenvalue weighted by molar-refractivity contribution is 9.10. The fraction of sp³-hybridized carbons (Fsp3) is 0.391. The standard InChI is InChI=1S/C23H24BrClFN5O2/c1-30-12-28-21-17(30)9-14(20(19(21)26)29-16-6-5-13(24)8-15(16)25)22(32)31-10-23(33,11-31)18-4-2-3-7-27-18/h5-6,8-9,12,18,27,29,33H,2-4,7,10-11H2,1H3/t18-/m0/s1. The van der Waals surface area contributed by atoms with Crippen LogP contribution in [-0.2, 0) is 7.05 Å². The van der Waals surface area contributed by atoms with Crippen LogP contribution in [0.25, 0.3) is 11.0 Å². The Morgan fingerprint density at radius 2 is 2.15 bits per heavy atom. The van der Waals surface area contributed by atoms with Gasteiger partial charge in [0, 0.05) is 17.6 Å². The second-order valence-corrected chi connectivity index (χ2v) is 10.2. The minimum Gasteiger partial charge on any atom is -0.385 e. The molecule has 10 heteroatoms. The lowest BCUT2D eigenvalue weighted by Gasteiger charge is -2.51. The molecule has 7 nitrogen and oxygen atoms in total. The minimum atomic E-state index is -0.964. The molecule has 1 aromatic heterocycles. The van der Waals surface area contributed by atoms with E-state index in [2.05, 4.69) is 31.5 Å². The van der Waals surface area contributed by atoms with Crippen molar-refractivity contribution in [1.29, 1.82) is 0 Å². The lowest BCUT2D eigenvalue weighted by molar-refractivity contribution is -0.108. The van der Waals surface area contributed by atoms with Gasteiger partial charge in [-0.2, -0.15) is 0 Å². The molecule has 0 unspecified atom stereocenters. The lowest BCUT2D eigenvalue weighted by atomic mass is 9.81. The Bertz CT molecular complexity index is 1240. The number of aryl methyl sites for hydroxylation is 1. The van der Waals surface area contributed by atoms with Gasteiger partial charge in [0.2, 0.25) is 0 Å². The first kappa shape index (κ1) is 22.6. The molecule has 0 bridgehead atoms. The van der Waals surface area contributed by atoms with Gasteiger partial charge in [0.25, 0.3) is 5.91 Å². The quantitative estimate of drug-likeness (QED) is 0.466. The van der Waals surface area contributed by atoms with Crippen molar-refractivity contribution in [2.75, 3.05) is 25.0 Å². The van der Waals surface area contributed by atoms with Gasteiger partial charge in [0.15, 0.2) is 5.82 Å². The Labute approximate surface area is 204 Å². The third kappa shape index (κ3) is 4.01. The van der Waals surface area contributed by atoms with Crippen molar-refractivity contribution in [2.24, 2.45) is 7.05 Å². The zero-order valence-electron chi connectivity index (χ0n) is 18.0. The normalized spacial score (nSPS) is 20.0. The monoisotopic (exact) mass is 535 g/mol. The summed E-state index contributed by atoms with van der Waals surface area (Å²) in [6.07, 6.45) is 4.53. The zero-order valence-corrected chi connectivity index (χ0v) is 20.4. The highest BCUT2D eigenvalue weighted by atomic mass is 79.9. The summed E-state index contributed by atoms with van der Waals surface area (Å²) in [5, 5.41) is 17.8. The summed E-state index contributed by atoms with van der Waals surface area (Å²) < 4.78 is 18.1. The third-order valence-electron chi connectivity index (χ3n) is 6.56. The SMILES string of the molecule is Cn1cnc2c(F)c(Nc3ccc(Br)cc3Cl)c(C(=O)N3CC(O)([C@@H]4CCCCN4)C3)cc21. The van der Waals surface area contributed by atoms with E-state index in [1.807, 2.05) is 0 Å². The number of hydrogen-bond donors (Lipinski definition) is 3. The van der Waals surface area contributed by atoms with Crippen molar-refractivity contribution in [3.8, 4) is 0 Å². The van der Waals surface area contributed by atoms with Crippen LogP contribution in [0.4, 0.5) is 15.8 Å². The fourth-order valence-electron chi connectivity index (χ4n) is 4.70. The van der Waals surface area contributed by atoms with Crippen LogP contribution >= 0.6 is 27.5 Å². The highest BCUT2D eigenvalue weighted by Gasteiger charge is 2.49. The third-order valence-corrected chi connectivity index (χ3v) is 7.36. The number of amides is 1. The minimum absolute atomic E-state index is 0.0154. The summed E-state index contributed by atoms with van der Waals surface area (Å²) in [5.74, 6) is -0.978. The number of nitrogens with one attached hydrogen (secondary N) is 2. The van der Waals surface area contributed by atoms with E-state index < -0.39 is 11.4 Å². The molecule has 2 aliphatic heterocycles. The van der Waals surface area contributed by atoms with Crippen molar-refractivity contribution in [2.45, 2.75) is 30.9 Å². The van der Waals surface area contributed by atoms with Crippen molar-refractivity contribution in [3.63, 3.8) is 0 Å². The molecular weight excluding hydrogens is 513 g/mol. The molecule has 1 amide bonds. The van der Waals surface area contributed by atoms with Crippen LogP contribution in [0, 0.1) is 5.82 Å². The van der Waals surface area contributed by atoms with E-state index in [1.54, 1.807) is 40.8 Å². The van der Waals surface area contributed by atoms with Gasteiger partial charge in [-0.3, -0.25) is 4.79 Å². The van der Waals surface area contributed by atoms with Crippen molar-refractivity contribution in [3.05, 3.63) is 51.5 Å². The molecule has 0 aliphatic carbocycles. The number of halogens is 3. The molecule has 33 heavy (non-hydrogen) atoms. The first-order valence-corrected chi connectivity index (χ1v) is 12.0. The number of β-amino-alcohol motifs (C(OH)–C–C–N with tert-alkyl or cyclic N) is 1. The van der Waals surface area contributed by atoms with E-state index >= 15 is 4.39 Å². The highest BCUT2D eigenvalue weighted by Crippen LogP contribution is 2.37. The number of imidazole rings is 1. The summed E-state index contributed by atoms with van der Waals surface area (Å²) in [6.45, 7) is 1.27. The van der Waals surface area contributed by atoms with Crippen LogP contribution < -0.4 is 10.6 Å². The number of nitrogens with zero attached hydrogens (tertiary/aromatic N) is 3. The first-order chi connectivity index (χ1) is 15.8. The van der Waals surface area contributed by atoms with Crippen LogP contribution in [-0.4, -0.2) is 56.7 Å². The molecule has 3 heterocycles. The number of piperidine rings is 1. The number of anilines is 2. The molecule has 0 spiro atoms. The maximum absolute atomic E-state index is 15.6. The maximum Gasteiger partial charge on any atom is 0.256 e. The molecule has 0 saturated carbocycles. The molecule has 2 aliphatic rings. The average molecular weight is 537 g/mol. The number of hydrogen-bond acceptors (Lipinski definition) is 5. The van der Waals surface area contributed by atoms with Gasteiger partial charge in [-0.15, -0.1) is 0 Å². The zero-order chi connectivity index (χ0) is 23.3. The summed E-state index contributed by atoms with van der Waals surface area (Å²) in [5.41, 5.74) is 0.357. The Balaban J connectivity index is 1.49. The Morgan fingerprint density at radius 3 is 2.85 bits per heavy atom. The molecule has 174 valence electrons. The van der Waals surface area contributed by atoms with E-state index in [0.29, 0.717) is 16.2 Å². The van der Waals surface area contributed by atoms with Crippen LogP contribution in [0.5, 0.6) is 0 Å². The molecule has 5 rings (SSSR count). The molecule has 2 aromatic carbocycles. The van der Waals surface area contributed by atoms with Crippen LogP contribution in [0.1, 0.15) is 29.6 Å². The molecule has 2 fully saturated rings. The predicted octanol–water partition coefficient (Wildman–Crippen LogP) is 4.20. The number of rotatable bonds is 4. The Morgan fingerprint density at radius 1 is 1.36 bits per heavy atom. The van der Waals surface area contributed by atoms with Gasteiger partial charge in [-0.25, -0.2) is 9.37 Å². The molecular formula is C23H24BrClFN5O2. The number of carbonyl (C=O) groups is 1. The summed E-state index contributed by atoms with van der Waals surface area (Å²) in [6, 6.07) is 6.78. The van der Waals surface area contributed by atoms with Gasteiger partial charge < -0.3 is 25.2 Å². The van der Waals surface area contributed by atoms with Crippen molar-refractivity contribution in [1.82, 2.24) is 19.8 Å². The van der Waals surface area contributed by atoms with Gasteiger partial charge in [0.1, 0.15) is 11.1 Å². The second kappa shape index (κ2) is 8.54. The molecule has 3 aromatic rings. The topological polar surface area (TPSA) is 82.4 Å². The van der Waals surface area contributed by atoms with Crippen LogP contribution in [0.3, 0.4) is 0 Å². The van der Waals surface area contributed by atoms with Gasteiger partial charge in [-0.05, 0) is 43.7 Å². The maximum atomic E-state index is 15.6. The number of aromatic nitrogens is 2. The average Bonchev–Trinajstić information content (AvgIpc) is 3.16. The van der Waals surface area contributed by atoms with E-state index in [1.165, 1.54) is 6.33 Å². The first-order valence-electron chi connectivity index (χ1n) is 10.9. The van der Waals surface area contributed by atoms with Crippen LogP contribution in [0.15, 0.2) is 35.1 Å². The molecule has 1 atom stereocenters. The van der Waals surface area contributed by atoms with Crippen LogP contribution in [0.2, 0.25) is 5.02 Å². The van der Waals surface area contributed by atoms with Gasteiger partial charge >= 0.3 is 0 Å². The number of likely N-dealkylation sites (tertiary alicyclic amines) is 1. The Hall–Kier alpha value is -2.20. The molecule has 2 saturated heterocycles. The number of fused-ring (bicyclic) bond motifs is 1. The van der Waals surface area contributed by atoms with E-state index in [-0.39, 0.29) is 41.8 Å². The molecule has 3 N–H and O–H groups in total. The summed E-state index contributed by atoms with van der Waals surface area (Å²) >= 11 is 9.70. The fourth-order valence-corrected chi connectivity index (χ4v) is 5.42. The summed E-state index contributed by atoms with van der Waals surface area (Å²) in [7, 11) is 1.75. The Kier molecular flexibility index (Phi) is 5.84. The number of carbonyl (C=O) groups excluding carboxylic acids is 1. The van der Waals surface area contributed by atoms with Gasteiger partial charge in [0.05, 0.1) is 46.9 Å². The second-order valence-electron chi connectivity index (χ2n) is 8.85. The van der Waals surface area contributed by atoms with E-state index in [9.17, 15) is 9.90 Å². The lowest BCUT2D eigenvalue weighted by Crippen LogP contribution is -2.72. The van der Waals surface area contributed by atoms with E-state index in [0.717, 1.165) is 30.3 Å². The smallest absolute Gasteiger partial charge is 0.256 e. The predicted molar refractivity (Wildman–Crippen MR) is 130 cm³/mol.